The molecule has 0 bridgehead atoms. The number of amides is 5. The van der Waals surface area contributed by atoms with E-state index < -0.39 is 29.6 Å². The van der Waals surface area contributed by atoms with Gasteiger partial charge in [0.1, 0.15) is 17.3 Å². The number of fused-ring (bicyclic) bond motifs is 1. The van der Waals surface area contributed by atoms with E-state index in [0.717, 1.165) is 4.90 Å². The van der Waals surface area contributed by atoms with E-state index in [9.17, 15) is 23.6 Å². The van der Waals surface area contributed by atoms with Crippen LogP contribution in [0.25, 0.3) is 11.5 Å². The van der Waals surface area contributed by atoms with Gasteiger partial charge in [-0.2, -0.15) is 0 Å². The highest BCUT2D eigenvalue weighted by atomic mass is 19.1. The molecule has 1 N–H and O–H groups in total. The normalized spacial score (nSPS) is 15.5. The summed E-state index contributed by atoms with van der Waals surface area (Å²) in [6, 6.07) is 7.05. The highest BCUT2D eigenvalue weighted by Gasteiger charge is 2.38. The maximum atomic E-state index is 15.0. The van der Waals surface area contributed by atoms with Crippen LogP contribution in [-0.4, -0.2) is 89.8 Å². The zero-order valence-corrected chi connectivity index (χ0v) is 22.3. The third-order valence-corrected chi connectivity index (χ3v) is 6.94. The van der Waals surface area contributed by atoms with Gasteiger partial charge in [0.2, 0.25) is 5.82 Å². The summed E-state index contributed by atoms with van der Waals surface area (Å²) < 4.78 is 16.6. The van der Waals surface area contributed by atoms with E-state index in [-0.39, 0.29) is 43.6 Å². The van der Waals surface area contributed by atoms with Gasteiger partial charge in [-0.25, -0.2) is 18.9 Å². The van der Waals surface area contributed by atoms with Crippen molar-refractivity contribution in [3.63, 3.8) is 0 Å². The Balaban J connectivity index is 1.33. The van der Waals surface area contributed by atoms with E-state index in [0.29, 0.717) is 35.6 Å². The minimum atomic E-state index is -0.861. The van der Waals surface area contributed by atoms with Crippen molar-refractivity contribution in [1.29, 1.82) is 0 Å². The Hall–Kier alpha value is -4.75. The van der Waals surface area contributed by atoms with E-state index >= 15 is 0 Å². The summed E-state index contributed by atoms with van der Waals surface area (Å²) in [5.41, 5.74) is 1.46. The lowest BCUT2D eigenvalue weighted by molar-refractivity contribution is -0.153. The molecule has 1 aromatic carbocycles. The van der Waals surface area contributed by atoms with Crippen molar-refractivity contribution in [2.75, 3.05) is 31.5 Å². The molecular formula is C26H28FN9O4. The third-order valence-electron chi connectivity index (χ3n) is 6.94. The summed E-state index contributed by atoms with van der Waals surface area (Å²) in [6.07, 6.45) is 0.338. The number of anilines is 1. The number of likely N-dealkylation sites (N-methyl/N-ethyl adjacent to an activating group) is 1. The fraction of sp³-hybridized carbons (Fsp3) is 0.385. The second kappa shape index (κ2) is 10.8. The van der Waals surface area contributed by atoms with Gasteiger partial charge in [-0.1, -0.05) is 6.07 Å². The SMILES string of the molecule is CCN1CCN(C(=O)N2CCc3cc(F)c(C(=O)Nc4cccc(-c5nnnn5C(C)C)n4)cc3C2)C(=O)C1=O. The first-order chi connectivity index (χ1) is 19.2. The maximum Gasteiger partial charge on any atom is 0.327 e. The lowest BCUT2D eigenvalue weighted by Crippen LogP contribution is -2.59. The number of nitrogens with one attached hydrogen (secondary N) is 1. The number of tetrazole rings is 1. The van der Waals surface area contributed by atoms with Gasteiger partial charge in [-0.3, -0.25) is 19.3 Å². The molecule has 13 nitrogen and oxygen atoms in total. The van der Waals surface area contributed by atoms with Gasteiger partial charge < -0.3 is 15.1 Å². The predicted octanol–water partition coefficient (Wildman–Crippen LogP) is 1.88. The van der Waals surface area contributed by atoms with E-state index in [2.05, 4.69) is 25.8 Å². The Kier molecular flexibility index (Phi) is 7.24. The first-order valence-electron chi connectivity index (χ1n) is 13.0. The number of halogens is 1. The zero-order valence-electron chi connectivity index (χ0n) is 22.3. The van der Waals surface area contributed by atoms with Crippen LogP contribution in [0.2, 0.25) is 0 Å². The molecule has 0 unspecified atom stereocenters. The average molecular weight is 550 g/mol. The Morgan fingerprint density at radius 3 is 2.62 bits per heavy atom. The number of imide groups is 1. The number of pyridine rings is 1. The molecule has 3 aromatic rings. The topological polar surface area (TPSA) is 147 Å². The Morgan fingerprint density at radius 1 is 1.07 bits per heavy atom. The fourth-order valence-corrected chi connectivity index (χ4v) is 4.77. The van der Waals surface area contributed by atoms with Gasteiger partial charge in [0.25, 0.3) is 5.91 Å². The average Bonchev–Trinajstić information content (AvgIpc) is 3.44. The Bertz CT molecular complexity index is 1510. The Morgan fingerprint density at radius 2 is 1.88 bits per heavy atom. The molecule has 0 spiro atoms. The van der Waals surface area contributed by atoms with E-state index in [1.54, 1.807) is 29.8 Å². The van der Waals surface area contributed by atoms with E-state index in [1.165, 1.54) is 21.9 Å². The van der Waals surface area contributed by atoms with Crippen LogP contribution >= 0.6 is 0 Å². The molecule has 2 aliphatic heterocycles. The quantitative estimate of drug-likeness (QED) is 0.475. The number of nitrogens with zero attached hydrogens (tertiary/aromatic N) is 8. The van der Waals surface area contributed by atoms with Crippen LogP contribution in [0.4, 0.5) is 15.0 Å². The number of rotatable bonds is 5. The molecule has 208 valence electrons. The van der Waals surface area contributed by atoms with Crippen LogP contribution in [0.3, 0.4) is 0 Å². The molecule has 0 radical (unpaired) electrons. The smallest absolute Gasteiger partial charge is 0.327 e. The molecule has 0 atom stereocenters. The van der Waals surface area contributed by atoms with Crippen LogP contribution in [0.15, 0.2) is 30.3 Å². The van der Waals surface area contributed by atoms with Gasteiger partial charge in [-0.05, 0) is 73.0 Å². The van der Waals surface area contributed by atoms with Crippen LogP contribution < -0.4 is 5.32 Å². The molecule has 4 heterocycles. The zero-order chi connectivity index (χ0) is 28.6. The van der Waals surface area contributed by atoms with Crippen LogP contribution in [0.1, 0.15) is 48.3 Å². The van der Waals surface area contributed by atoms with E-state index in [4.69, 9.17) is 0 Å². The van der Waals surface area contributed by atoms with Crippen LogP contribution in [0, 0.1) is 5.82 Å². The Labute approximate surface area is 228 Å². The summed E-state index contributed by atoms with van der Waals surface area (Å²) in [4.78, 5) is 59.1. The van der Waals surface area contributed by atoms with Gasteiger partial charge in [0, 0.05) is 32.7 Å². The summed E-state index contributed by atoms with van der Waals surface area (Å²) in [5, 5.41) is 14.3. The molecule has 0 saturated carbocycles. The van der Waals surface area contributed by atoms with Crippen molar-refractivity contribution in [2.24, 2.45) is 0 Å². The number of aromatic nitrogens is 5. The minimum Gasteiger partial charge on any atom is -0.333 e. The van der Waals surface area contributed by atoms with Crippen molar-refractivity contribution in [3.8, 4) is 11.5 Å². The van der Waals surface area contributed by atoms with Crippen molar-refractivity contribution < 1.29 is 23.6 Å². The number of hydrogen-bond acceptors (Lipinski definition) is 8. The number of carbonyl (C=O) groups excluding carboxylic acids is 4. The molecule has 2 aromatic heterocycles. The lowest BCUT2D eigenvalue weighted by Gasteiger charge is -2.36. The van der Waals surface area contributed by atoms with E-state index in [1.807, 2.05) is 13.8 Å². The molecule has 40 heavy (non-hydrogen) atoms. The minimum absolute atomic E-state index is 0.0133. The van der Waals surface area contributed by atoms with Gasteiger partial charge in [0.05, 0.1) is 11.6 Å². The largest absolute Gasteiger partial charge is 0.333 e. The first-order valence-corrected chi connectivity index (χ1v) is 13.0. The van der Waals surface area contributed by atoms with Crippen molar-refractivity contribution >= 4 is 29.6 Å². The summed E-state index contributed by atoms with van der Waals surface area (Å²) in [5.74, 6) is -2.38. The molecule has 5 rings (SSSR count). The molecule has 5 amide bonds. The molecule has 1 fully saturated rings. The highest BCUT2D eigenvalue weighted by molar-refractivity contribution is 6.38. The fourth-order valence-electron chi connectivity index (χ4n) is 4.77. The molecule has 14 heteroatoms. The second-order valence-electron chi connectivity index (χ2n) is 9.80. The summed E-state index contributed by atoms with van der Waals surface area (Å²) >= 11 is 0. The number of piperazine rings is 1. The number of benzene rings is 1. The monoisotopic (exact) mass is 549 g/mol. The molecular weight excluding hydrogens is 521 g/mol. The third kappa shape index (κ3) is 4.99. The summed E-state index contributed by atoms with van der Waals surface area (Å²) in [7, 11) is 0. The van der Waals surface area contributed by atoms with Gasteiger partial charge in [0.15, 0.2) is 0 Å². The molecule has 2 aliphatic rings. The van der Waals surface area contributed by atoms with Crippen LogP contribution in [0.5, 0.6) is 0 Å². The highest BCUT2D eigenvalue weighted by Crippen LogP contribution is 2.25. The van der Waals surface area contributed by atoms with Gasteiger partial charge >= 0.3 is 17.8 Å². The molecule has 1 saturated heterocycles. The first kappa shape index (κ1) is 26.8. The second-order valence-corrected chi connectivity index (χ2v) is 9.80. The molecule has 0 aliphatic carbocycles. The van der Waals surface area contributed by atoms with Crippen molar-refractivity contribution in [1.82, 2.24) is 39.9 Å². The number of hydrogen-bond donors (Lipinski definition) is 1. The van der Waals surface area contributed by atoms with Crippen molar-refractivity contribution in [3.05, 3.63) is 52.8 Å². The van der Waals surface area contributed by atoms with Gasteiger partial charge in [-0.15, -0.1) is 5.10 Å². The number of carbonyl (C=O) groups is 4. The number of urea groups is 1. The predicted molar refractivity (Wildman–Crippen MR) is 139 cm³/mol. The maximum absolute atomic E-state index is 15.0. The van der Waals surface area contributed by atoms with Crippen LogP contribution in [-0.2, 0) is 22.6 Å². The lowest BCUT2D eigenvalue weighted by atomic mass is 9.96. The summed E-state index contributed by atoms with van der Waals surface area (Å²) in [6.45, 7) is 6.68. The standard InChI is InChI=1S/C26H28FN9O4/c1-4-33-10-11-35(25(39)24(33)38)26(40)34-9-8-16-13-19(27)18(12-17(16)14-34)23(37)29-21-7-5-6-20(28-21)22-30-31-32-36(22)15(2)3/h5-7,12-13,15H,4,8-11,14H2,1-3H3,(H,28,29,37). The van der Waals surface area contributed by atoms with Crippen molar-refractivity contribution in [2.45, 2.75) is 39.8 Å².